The summed E-state index contributed by atoms with van der Waals surface area (Å²) in [6, 6.07) is 10.2. The molecule has 1 N–H and O–H groups in total. The molecule has 9 heteroatoms. The summed E-state index contributed by atoms with van der Waals surface area (Å²) in [7, 11) is 1.49. The van der Waals surface area contributed by atoms with E-state index in [4.69, 9.17) is 4.74 Å². The molecule has 0 spiro atoms. The van der Waals surface area contributed by atoms with Crippen molar-refractivity contribution in [3.05, 3.63) is 57.8 Å². The summed E-state index contributed by atoms with van der Waals surface area (Å²) in [5, 5.41) is 16.6. The van der Waals surface area contributed by atoms with Crippen molar-refractivity contribution < 1.29 is 9.53 Å². The molecule has 3 aromatic heterocycles. The minimum Gasteiger partial charge on any atom is -0.475 e. The van der Waals surface area contributed by atoms with Crippen molar-refractivity contribution in [2.45, 2.75) is 0 Å². The number of ether oxygens (including phenoxy) is 1. The van der Waals surface area contributed by atoms with E-state index in [1.54, 1.807) is 17.4 Å². The van der Waals surface area contributed by atoms with Crippen LogP contribution in [0.4, 0.5) is 0 Å². The van der Waals surface area contributed by atoms with E-state index in [0.717, 1.165) is 15.3 Å². The third kappa shape index (κ3) is 4.27. The molecule has 3 aromatic rings. The third-order valence-corrected chi connectivity index (χ3v) is 4.14. The number of thiophene rings is 1. The van der Waals surface area contributed by atoms with Gasteiger partial charge in [-0.05, 0) is 23.6 Å². The molecular formula is C16H15N5O3S. The molecule has 3 rings (SSSR count). The first-order chi connectivity index (χ1) is 12.1. The fraction of sp³-hybridized carbons (Fsp3) is 0.188. The van der Waals surface area contributed by atoms with Gasteiger partial charge < -0.3 is 10.1 Å². The molecule has 0 saturated heterocycles. The maximum atomic E-state index is 11.9. The molecule has 0 unspecified atom stereocenters. The third-order valence-electron chi connectivity index (χ3n) is 3.24. The van der Waals surface area contributed by atoms with Crippen LogP contribution in [0, 0.1) is 0 Å². The molecule has 8 nitrogen and oxygen atoms in total. The molecule has 0 aliphatic rings. The molecule has 0 atom stereocenters. The zero-order valence-electron chi connectivity index (χ0n) is 13.4. The van der Waals surface area contributed by atoms with E-state index in [1.807, 2.05) is 23.6 Å². The van der Waals surface area contributed by atoms with E-state index in [1.165, 1.54) is 19.2 Å². The number of carbonyl (C=O) groups is 1. The van der Waals surface area contributed by atoms with E-state index in [2.05, 4.69) is 20.6 Å². The lowest BCUT2D eigenvalue weighted by Crippen LogP contribution is -2.31. The van der Waals surface area contributed by atoms with Crippen LogP contribution in [0.25, 0.3) is 10.6 Å². The molecule has 0 aromatic carbocycles. The van der Waals surface area contributed by atoms with Crippen molar-refractivity contribution in [3.63, 3.8) is 0 Å². The molecule has 0 aliphatic carbocycles. The highest BCUT2D eigenvalue weighted by molar-refractivity contribution is 7.13. The molecule has 3 heterocycles. The second kappa shape index (κ2) is 7.67. The Morgan fingerprint density at radius 2 is 2.12 bits per heavy atom. The van der Waals surface area contributed by atoms with Gasteiger partial charge in [-0.3, -0.25) is 9.59 Å². The predicted octanol–water partition coefficient (Wildman–Crippen LogP) is 1.11. The topological polar surface area (TPSA) is 99.0 Å². The van der Waals surface area contributed by atoms with Crippen LogP contribution in [0.2, 0.25) is 0 Å². The minimum absolute atomic E-state index is 0.169. The van der Waals surface area contributed by atoms with E-state index >= 15 is 0 Å². The van der Waals surface area contributed by atoms with Crippen LogP contribution in [-0.4, -0.2) is 39.0 Å². The van der Waals surface area contributed by atoms with E-state index in [0.29, 0.717) is 5.88 Å². The van der Waals surface area contributed by atoms with E-state index in [9.17, 15) is 9.59 Å². The first-order valence-corrected chi connectivity index (χ1v) is 8.34. The highest BCUT2D eigenvalue weighted by Gasteiger charge is 2.08. The Bertz CT molecular complexity index is 906. The van der Waals surface area contributed by atoms with Gasteiger partial charge in [-0.15, -0.1) is 21.5 Å². The van der Waals surface area contributed by atoms with Gasteiger partial charge in [0, 0.05) is 19.2 Å². The van der Waals surface area contributed by atoms with Crippen molar-refractivity contribution in [1.29, 1.82) is 0 Å². The summed E-state index contributed by atoms with van der Waals surface area (Å²) in [6.07, 6.45) is 0. The minimum atomic E-state index is -0.377. The lowest BCUT2D eigenvalue weighted by molar-refractivity contribution is 0.0939. The Kier molecular flexibility index (Phi) is 5.14. The predicted molar refractivity (Wildman–Crippen MR) is 92.7 cm³/mol. The summed E-state index contributed by atoms with van der Waals surface area (Å²) in [5.41, 5.74) is 0.683. The highest BCUT2D eigenvalue weighted by atomic mass is 32.1. The van der Waals surface area contributed by atoms with Gasteiger partial charge in [0.1, 0.15) is 18.0 Å². The summed E-state index contributed by atoms with van der Waals surface area (Å²) in [5.74, 6) is 0.00751. The number of aryl methyl sites for hydroxylation is 1. The van der Waals surface area contributed by atoms with Crippen LogP contribution < -0.4 is 15.6 Å². The Labute approximate surface area is 147 Å². The van der Waals surface area contributed by atoms with Crippen molar-refractivity contribution in [3.8, 4) is 16.5 Å². The molecule has 128 valence electrons. The smallest absolute Gasteiger partial charge is 0.271 e. The molecular weight excluding hydrogens is 342 g/mol. The lowest BCUT2D eigenvalue weighted by Gasteiger charge is -2.07. The average molecular weight is 357 g/mol. The number of carbonyl (C=O) groups excluding carboxylic acids is 1. The summed E-state index contributed by atoms with van der Waals surface area (Å²) in [6.45, 7) is 0.516. The van der Waals surface area contributed by atoms with Crippen LogP contribution in [0.15, 0.2) is 46.6 Å². The van der Waals surface area contributed by atoms with Crippen molar-refractivity contribution in [2.75, 3.05) is 13.2 Å². The molecule has 0 saturated carbocycles. The number of amides is 1. The molecule has 0 fully saturated rings. The van der Waals surface area contributed by atoms with Crippen LogP contribution in [0.3, 0.4) is 0 Å². The first kappa shape index (κ1) is 16.8. The number of nitrogens with one attached hydrogen (secondary N) is 1. The van der Waals surface area contributed by atoms with Crippen LogP contribution >= 0.6 is 11.3 Å². The zero-order chi connectivity index (χ0) is 17.6. The molecule has 0 radical (unpaired) electrons. The Balaban J connectivity index is 1.47. The van der Waals surface area contributed by atoms with Gasteiger partial charge in [-0.2, -0.15) is 5.10 Å². The van der Waals surface area contributed by atoms with Crippen molar-refractivity contribution in [1.82, 2.24) is 25.3 Å². The van der Waals surface area contributed by atoms with Gasteiger partial charge in [-0.25, -0.2) is 4.68 Å². The molecule has 0 bridgehead atoms. The Hall–Kier alpha value is -3.07. The van der Waals surface area contributed by atoms with Crippen molar-refractivity contribution in [2.24, 2.45) is 7.05 Å². The van der Waals surface area contributed by atoms with E-state index in [-0.39, 0.29) is 30.3 Å². The number of aromatic nitrogens is 4. The van der Waals surface area contributed by atoms with Gasteiger partial charge in [0.25, 0.3) is 11.5 Å². The second-order valence-electron chi connectivity index (χ2n) is 5.02. The largest absolute Gasteiger partial charge is 0.475 e. The number of hydrogen-bond donors (Lipinski definition) is 1. The number of nitrogens with zero attached hydrogens (tertiary/aromatic N) is 4. The lowest BCUT2D eigenvalue weighted by atomic mass is 10.3. The first-order valence-electron chi connectivity index (χ1n) is 7.46. The summed E-state index contributed by atoms with van der Waals surface area (Å²) < 4.78 is 6.55. The summed E-state index contributed by atoms with van der Waals surface area (Å²) >= 11 is 1.59. The molecule has 0 aliphatic heterocycles. The molecule has 1 amide bonds. The Morgan fingerprint density at radius 1 is 1.24 bits per heavy atom. The maximum absolute atomic E-state index is 11.9. The van der Waals surface area contributed by atoms with Crippen LogP contribution in [0.1, 0.15) is 10.5 Å². The van der Waals surface area contributed by atoms with Crippen molar-refractivity contribution >= 4 is 17.2 Å². The monoisotopic (exact) mass is 357 g/mol. The quantitative estimate of drug-likeness (QED) is 0.664. The maximum Gasteiger partial charge on any atom is 0.271 e. The fourth-order valence-corrected chi connectivity index (χ4v) is 2.68. The number of rotatable bonds is 6. The van der Waals surface area contributed by atoms with Gasteiger partial charge in [0.15, 0.2) is 0 Å². The fourth-order valence-electron chi connectivity index (χ4n) is 1.99. The second-order valence-corrected chi connectivity index (χ2v) is 5.97. The van der Waals surface area contributed by atoms with Crippen LogP contribution in [-0.2, 0) is 7.05 Å². The molecule has 25 heavy (non-hydrogen) atoms. The SMILES string of the molecule is Cn1nc(C(=O)NCCOc2ccc(-c3cccs3)nn2)ccc1=O. The summed E-state index contributed by atoms with van der Waals surface area (Å²) in [4.78, 5) is 24.2. The average Bonchev–Trinajstić information content (AvgIpc) is 3.16. The Morgan fingerprint density at radius 3 is 2.80 bits per heavy atom. The normalized spacial score (nSPS) is 10.4. The van der Waals surface area contributed by atoms with Gasteiger partial charge in [0.2, 0.25) is 5.88 Å². The standard InChI is InChI=1S/C16H15N5O3S/c1-21-15(22)7-5-12(20-21)16(23)17-8-9-24-14-6-4-11(18-19-14)13-3-2-10-25-13/h2-7,10H,8-9H2,1H3,(H,17,23). The van der Waals surface area contributed by atoms with Gasteiger partial charge in [0.05, 0.1) is 11.4 Å². The number of hydrogen-bond acceptors (Lipinski definition) is 7. The van der Waals surface area contributed by atoms with Gasteiger partial charge in [-0.1, -0.05) is 6.07 Å². The van der Waals surface area contributed by atoms with Crippen LogP contribution in [0.5, 0.6) is 5.88 Å². The zero-order valence-corrected chi connectivity index (χ0v) is 14.2. The highest BCUT2D eigenvalue weighted by Crippen LogP contribution is 2.22. The van der Waals surface area contributed by atoms with Gasteiger partial charge >= 0.3 is 0 Å². The van der Waals surface area contributed by atoms with E-state index < -0.39 is 0 Å².